The van der Waals surface area contributed by atoms with Crippen molar-refractivity contribution in [3.63, 3.8) is 0 Å². The normalized spacial score (nSPS) is 27.5. The van der Waals surface area contributed by atoms with Crippen molar-refractivity contribution in [1.29, 1.82) is 0 Å². The number of amides is 2. The number of rotatable bonds is 2. The Bertz CT molecular complexity index is 755. The van der Waals surface area contributed by atoms with Gasteiger partial charge in [-0.2, -0.15) is 0 Å². The van der Waals surface area contributed by atoms with Crippen molar-refractivity contribution in [1.82, 2.24) is 9.80 Å². The Hall–Kier alpha value is -1.73. The molecule has 3 atom stereocenters. The Morgan fingerprint density at radius 1 is 1.00 bits per heavy atom. The molecule has 3 unspecified atom stereocenters. The summed E-state index contributed by atoms with van der Waals surface area (Å²) < 4.78 is 26.9. The zero-order valence-electron chi connectivity index (χ0n) is 15.7. The highest BCUT2D eigenvalue weighted by Gasteiger charge is 2.44. The molecule has 2 N–H and O–H groups in total. The quantitative estimate of drug-likeness (QED) is 0.809. The van der Waals surface area contributed by atoms with Gasteiger partial charge < -0.3 is 15.5 Å². The molecule has 1 aliphatic carbocycles. The molecule has 2 heterocycles. The van der Waals surface area contributed by atoms with Crippen LogP contribution in [-0.2, 0) is 4.79 Å². The maximum atomic E-state index is 13.9. The van der Waals surface area contributed by atoms with Gasteiger partial charge in [-0.1, -0.05) is 0 Å². The fourth-order valence-electron chi connectivity index (χ4n) is 4.91. The predicted octanol–water partition coefficient (Wildman–Crippen LogP) is 2.43. The summed E-state index contributed by atoms with van der Waals surface area (Å²) >= 11 is 0. The molecule has 3 aliphatic rings. The van der Waals surface area contributed by atoms with E-state index in [-0.39, 0.29) is 35.8 Å². The number of piperidine rings is 1. The van der Waals surface area contributed by atoms with E-state index in [9.17, 15) is 18.4 Å². The molecule has 5 nitrogen and oxygen atoms in total. The summed E-state index contributed by atoms with van der Waals surface area (Å²) in [7, 11) is 0. The smallest absolute Gasteiger partial charge is 0.256 e. The highest BCUT2D eigenvalue weighted by Crippen LogP contribution is 2.38. The van der Waals surface area contributed by atoms with Crippen LogP contribution in [0.1, 0.15) is 36.0 Å². The largest absolute Gasteiger partial charge is 0.342 e. The van der Waals surface area contributed by atoms with Gasteiger partial charge in [0.25, 0.3) is 5.91 Å². The minimum absolute atomic E-state index is 0. The first-order chi connectivity index (χ1) is 12.9. The van der Waals surface area contributed by atoms with Crippen LogP contribution in [0, 0.1) is 29.4 Å². The molecule has 2 amide bonds. The molecule has 8 heteroatoms. The van der Waals surface area contributed by atoms with E-state index in [2.05, 4.69) is 0 Å². The Balaban J connectivity index is 0.00000225. The van der Waals surface area contributed by atoms with Gasteiger partial charge in [0, 0.05) is 44.2 Å². The van der Waals surface area contributed by atoms with Crippen molar-refractivity contribution in [3.8, 4) is 0 Å². The van der Waals surface area contributed by atoms with E-state index in [1.165, 1.54) is 6.07 Å². The third kappa shape index (κ3) is 3.87. The van der Waals surface area contributed by atoms with Crippen LogP contribution in [0.5, 0.6) is 0 Å². The van der Waals surface area contributed by atoms with Gasteiger partial charge in [-0.3, -0.25) is 9.59 Å². The summed E-state index contributed by atoms with van der Waals surface area (Å²) in [6.07, 6.45) is 3.31. The second-order valence-electron chi connectivity index (χ2n) is 8.10. The molecule has 0 bridgehead atoms. The standard InChI is InChI=1S/C20H25F2N3O2.ClH/c21-14-2-3-15(17(22)9-14)20(27)24-7-5-12(6-8-24)19(26)25-10-13-1-4-18(23)16(13)11-25;/h2-3,9,12-13,16,18H,1,4-8,10-11,23H2;1H. The van der Waals surface area contributed by atoms with E-state index in [0.717, 1.165) is 38.1 Å². The second-order valence-corrected chi connectivity index (χ2v) is 8.10. The van der Waals surface area contributed by atoms with Gasteiger partial charge in [0.05, 0.1) is 5.56 Å². The molecule has 0 spiro atoms. The number of nitrogens with zero attached hydrogens (tertiary/aromatic N) is 2. The number of fused-ring (bicyclic) bond motifs is 1. The molecule has 1 saturated carbocycles. The highest BCUT2D eigenvalue weighted by molar-refractivity contribution is 5.94. The van der Waals surface area contributed by atoms with Crippen molar-refractivity contribution >= 4 is 24.2 Å². The van der Waals surface area contributed by atoms with E-state index >= 15 is 0 Å². The molecule has 4 rings (SSSR count). The van der Waals surface area contributed by atoms with Crippen LogP contribution < -0.4 is 5.73 Å². The molecule has 0 aromatic heterocycles. The van der Waals surface area contributed by atoms with Gasteiger partial charge in [-0.25, -0.2) is 8.78 Å². The summed E-state index contributed by atoms with van der Waals surface area (Å²) in [6, 6.07) is 3.19. The third-order valence-electron chi connectivity index (χ3n) is 6.52. The lowest BCUT2D eigenvalue weighted by Gasteiger charge is -2.33. The van der Waals surface area contributed by atoms with Crippen LogP contribution in [0.15, 0.2) is 18.2 Å². The number of carbonyl (C=O) groups excluding carboxylic acids is 2. The first kappa shape index (κ1) is 21.0. The van der Waals surface area contributed by atoms with Crippen molar-refractivity contribution in [2.45, 2.75) is 31.7 Å². The van der Waals surface area contributed by atoms with E-state index < -0.39 is 17.5 Å². The topological polar surface area (TPSA) is 66.6 Å². The Labute approximate surface area is 169 Å². The summed E-state index contributed by atoms with van der Waals surface area (Å²) in [6.45, 7) is 2.38. The maximum absolute atomic E-state index is 13.9. The fraction of sp³-hybridized carbons (Fsp3) is 0.600. The molecule has 2 aliphatic heterocycles. The van der Waals surface area contributed by atoms with Gasteiger partial charge in [0.2, 0.25) is 5.91 Å². The van der Waals surface area contributed by atoms with Crippen molar-refractivity contribution < 1.29 is 18.4 Å². The lowest BCUT2D eigenvalue weighted by atomic mass is 9.94. The van der Waals surface area contributed by atoms with Crippen LogP contribution in [0.2, 0.25) is 0 Å². The minimum atomic E-state index is -0.849. The first-order valence-electron chi connectivity index (χ1n) is 9.72. The number of hydrogen-bond acceptors (Lipinski definition) is 3. The van der Waals surface area contributed by atoms with E-state index in [1.807, 2.05) is 4.90 Å². The zero-order valence-corrected chi connectivity index (χ0v) is 16.5. The molecule has 1 aromatic carbocycles. The van der Waals surface area contributed by atoms with Gasteiger partial charge >= 0.3 is 0 Å². The highest BCUT2D eigenvalue weighted by atomic mass is 35.5. The second kappa shape index (κ2) is 8.33. The van der Waals surface area contributed by atoms with E-state index in [1.54, 1.807) is 4.90 Å². The first-order valence-corrected chi connectivity index (χ1v) is 9.72. The Morgan fingerprint density at radius 2 is 1.71 bits per heavy atom. The van der Waals surface area contributed by atoms with E-state index in [4.69, 9.17) is 5.73 Å². The van der Waals surface area contributed by atoms with Crippen molar-refractivity contribution in [3.05, 3.63) is 35.4 Å². The number of benzene rings is 1. The van der Waals surface area contributed by atoms with Gasteiger partial charge in [0.1, 0.15) is 11.6 Å². The monoisotopic (exact) mass is 413 g/mol. The maximum Gasteiger partial charge on any atom is 0.256 e. The summed E-state index contributed by atoms with van der Waals surface area (Å²) in [5, 5.41) is 0. The minimum Gasteiger partial charge on any atom is -0.342 e. The summed E-state index contributed by atoms with van der Waals surface area (Å²) in [5.74, 6) is -0.968. The number of carbonyl (C=O) groups is 2. The third-order valence-corrected chi connectivity index (χ3v) is 6.52. The molecule has 154 valence electrons. The number of nitrogens with two attached hydrogens (primary N) is 1. The van der Waals surface area contributed by atoms with Crippen LogP contribution in [0.25, 0.3) is 0 Å². The number of hydrogen-bond donors (Lipinski definition) is 1. The Kier molecular flexibility index (Phi) is 6.25. The Morgan fingerprint density at radius 3 is 2.36 bits per heavy atom. The average Bonchev–Trinajstić information content (AvgIpc) is 3.23. The molecule has 1 aromatic rings. The SMILES string of the molecule is Cl.NC1CCC2CN(C(=O)C3CCN(C(=O)c4ccc(F)cc4F)CC3)CC12. The molecular weight excluding hydrogens is 388 g/mol. The van der Waals surface area contributed by atoms with Crippen molar-refractivity contribution in [2.75, 3.05) is 26.2 Å². The lowest BCUT2D eigenvalue weighted by Crippen LogP contribution is -2.44. The van der Waals surface area contributed by atoms with Crippen LogP contribution >= 0.6 is 12.4 Å². The van der Waals surface area contributed by atoms with Crippen molar-refractivity contribution in [2.24, 2.45) is 23.5 Å². The molecule has 0 radical (unpaired) electrons. The summed E-state index contributed by atoms with van der Waals surface area (Å²) in [4.78, 5) is 28.8. The molecular formula is C20H26ClF2N3O2. The van der Waals surface area contributed by atoms with Gasteiger partial charge in [-0.05, 0) is 49.7 Å². The fourth-order valence-corrected chi connectivity index (χ4v) is 4.91. The van der Waals surface area contributed by atoms with Crippen LogP contribution in [-0.4, -0.2) is 53.8 Å². The van der Waals surface area contributed by atoms with Crippen LogP contribution in [0.4, 0.5) is 8.78 Å². The van der Waals surface area contributed by atoms with Gasteiger partial charge in [-0.15, -0.1) is 12.4 Å². The van der Waals surface area contributed by atoms with Crippen LogP contribution in [0.3, 0.4) is 0 Å². The van der Waals surface area contributed by atoms with Gasteiger partial charge in [0.15, 0.2) is 0 Å². The lowest BCUT2D eigenvalue weighted by molar-refractivity contribution is -0.136. The molecule has 3 fully saturated rings. The molecule has 28 heavy (non-hydrogen) atoms. The summed E-state index contributed by atoms with van der Waals surface area (Å²) in [5.41, 5.74) is 6.03. The number of halogens is 3. The molecule has 2 saturated heterocycles. The zero-order chi connectivity index (χ0) is 19.1. The predicted molar refractivity (Wildman–Crippen MR) is 103 cm³/mol. The average molecular weight is 414 g/mol. The number of likely N-dealkylation sites (tertiary alicyclic amines) is 2. The van der Waals surface area contributed by atoms with E-state index in [0.29, 0.717) is 37.8 Å².